The standard InChI is InChI=1S/C19H15BrN4O3/c1-12-23-16-5-4-14(20)10-15(16)19(25)24(12)22-11-13-3-6-17(27-8-7-21)18(9-13)26-2/h3-6,9-11H,8H2,1-2H3. The number of methoxy groups -OCH3 is 1. The van der Waals surface area contributed by atoms with Crippen molar-refractivity contribution in [2.75, 3.05) is 13.7 Å². The first-order valence-electron chi connectivity index (χ1n) is 7.94. The molecule has 0 aliphatic heterocycles. The fourth-order valence-electron chi connectivity index (χ4n) is 2.51. The third-order valence-corrected chi connectivity index (χ3v) is 4.27. The molecule has 0 fully saturated rings. The number of hydrogen-bond acceptors (Lipinski definition) is 6. The minimum Gasteiger partial charge on any atom is -0.493 e. The lowest BCUT2D eigenvalue weighted by Crippen LogP contribution is -2.20. The van der Waals surface area contributed by atoms with Crippen molar-refractivity contribution in [1.82, 2.24) is 9.66 Å². The summed E-state index contributed by atoms with van der Waals surface area (Å²) in [6, 6.07) is 12.4. The molecule has 0 N–H and O–H groups in total. The number of benzene rings is 2. The van der Waals surface area contributed by atoms with Gasteiger partial charge in [-0.25, -0.2) is 4.98 Å². The zero-order valence-electron chi connectivity index (χ0n) is 14.6. The minimum absolute atomic E-state index is 0.0727. The normalized spacial score (nSPS) is 10.9. The summed E-state index contributed by atoms with van der Waals surface area (Å²) in [5, 5.41) is 13.4. The molecule has 0 aliphatic rings. The fraction of sp³-hybridized carbons (Fsp3) is 0.158. The summed E-state index contributed by atoms with van der Waals surface area (Å²) in [7, 11) is 1.51. The van der Waals surface area contributed by atoms with Crippen molar-refractivity contribution in [2.45, 2.75) is 6.92 Å². The molecule has 8 heteroatoms. The highest BCUT2D eigenvalue weighted by Crippen LogP contribution is 2.27. The summed E-state index contributed by atoms with van der Waals surface area (Å²) in [5.41, 5.74) is 1.07. The van der Waals surface area contributed by atoms with Crippen molar-refractivity contribution in [1.29, 1.82) is 5.26 Å². The summed E-state index contributed by atoms with van der Waals surface area (Å²) in [6.07, 6.45) is 1.54. The largest absolute Gasteiger partial charge is 0.493 e. The van der Waals surface area contributed by atoms with Gasteiger partial charge in [-0.3, -0.25) is 4.79 Å². The molecule has 0 amide bonds. The Morgan fingerprint density at radius 2 is 2.11 bits per heavy atom. The number of ether oxygens (including phenoxy) is 2. The van der Waals surface area contributed by atoms with Crippen LogP contribution in [0.3, 0.4) is 0 Å². The SMILES string of the molecule is COc1cc(C=Nn2c(C)nc3ccc(Br)cc3c2=O)ccc1OCC#N. The van der Waals surface area contributed by atoms with Gasteiger partial charge in [-0.2, -0.15) is 15.0 Å². The van der Waals surface area contributed by atoms with Crippen molar-refractivity contribution < 1.29 is 9.47 Å². The van der Waals surface area contributed by atoms with E-state index in [1.165, 1.54) is 18.0 Å². The maximum Gasteiger partial charge on any atom is 0.282 e. The molecule has 27 heavy (non-hydrogen) atoms. The van der Waals surface area contributed by atoms with Gasteiger partial charge in [-0.15, -0.1) is 0 Å². The van der Waals surface area contributed by atoms with Crippen molar-refractivity contribution in [2.24, 2.45) is 5.10 Å². The van der Waals surface area contributed by atoms with Crippen LogP contribution in [0.4, 0.5) is 0 Å². The van der Waals surface area contributed by atoms with Gasteiger partial charge in [-0.1, -0.05) is 15.9 Å². The highest BCUT2D eigenvalue weighted by atomic mass is 79.9. The molecule has 0 atom stereocenters. The zero-order chi connectivity index (χ0) is 19.4. The topological polar surface area (TPSA) is 89.5 Å². The molecule has 0 saturated heterocycles. The number of rotatable bonds is 5. The highest BCUT2D eigenvalue weighted by Gasteiger charge is 2.08. The van der Waals surface area contributed by atoms with Crippen LogP contribution in [0, 0.1) is 18.3 Å². The Labute approximate surface area is 163 Å². The van der Waals surface area contributed by atoms with E-state index in [1.807, 2.05) is 12.1 Å². The van der Waals surface area contributed by atoms with Crippen LogP contribution in [-0.4, -0.2) is 29.6 Å². The van der Waals surface area contributed by atoms with E-state index < -0.39 is 0 Å². The van der Waals surface area contributed by atoms with Crippen LogP contribution in [0.2, 0.25) is 0 Å². The molecule has 1 heterocycles. The monoisotopic (exact) mass is 426 g/mol. The van der Waals surface area contributed by atoms with Crippen molar-refractivity contribution in [3.05, 3.63) is 62.6 Å². The zero-order valence-corrected chi connectivity index (χ0v) is 16.2. The van der Waals surface area contributed by atoms with E-state index in [0.29, 0.717) is 33.8 Å². The van der Waals surface area contributed by atoms with Crippen LogP contribution in [0.1, 0.15) is 11.4 Å². The van der Waals surface area contributed by atoms with E-state index in [2.05, 4.69) is 26.0 Å². The molecule has 0 aliphatic carbocycles. The van der Waals surface area contributed by atoms with Crippen LogP contribution in [0.15, 0.2) is 50.8 Å². The molecule has 0 radical (unpaired) electrons. The minimum atomic E-state index is -0.254. The second kappa shape index (κ2) is 8.01. The van der Waals surface area contributed by atoms with Gasteiger partial charge in [0, 0.05) is 4.47 Å². The molecule has 0 spiro atoms. The van der Waals surface area contributed by atoms with Gasteiger partial charge in [-0.05, 0) is 48.9 Å². The van der Waals surface area contributed by atoms with Gasteiger partial charge < -0.3 is 9.47 Å². The lowest BCUT2D eigenvalue weighted by atomic mass is 10.2. The average Bonchev–Trinajstić information content (AvgIpc) is 2.67. The number of hydrogen-bond donors (Lipinski definition) is 0. The Morgan fingerprint density at radius 3 is 2.85 bits per heavy atom. The van der Waals surface area contributed by atoms with Crippen molar-refractivity contribution in [3.63, 3.8) is 0 Å². The molecule has 1 aromatic heterocycles. The van der Waals surface area contributed by atoms with Crippen LogP contribution >= 0.6 is 15.9 Å². The lowest BCUT2D eigenvalue weighted by Gasteiger charge is -2.09. The van der Waals surface area contributed by atoms with E-state index >= 15 is 0 Å². The molecule has 3 rings (SSSR count). The molecule has 136 valence electrons. The maximum absolute atomic E-state index is 12.7. The third kappa shape index (κ3) is 3.99. The Morgan fingerprint density at radius 1 is 1.30 bits per heavy atom. The van der Waals surface area contributed by atoms with E-state index in [-0.39, 0.29) is 12.2 Å². The lowest BCUT2D eigenvalue weighted by molar-refractivity contribution is 0.329. The summed E-state index contributed by atoms with van der Waals surface area (Å²) in [4.78, 5) is 17.2. The molecule has 0 unspecified atom stereocenters. The van der Waals surface area contributed by atoms with Gasteiger partial charge in [0.05, 0.1) is 24.2 Å². The Hall–Kier alpha value is -3.18. The third-order valence-electron chi connectivity index (χ3n) is 3.77. The molecular formula is C19H15BrN4O3. The first-order chi connectivity index (χ1) is 13.0. The predicted molar refractivity (Wildman–Crippen MR) is 106 cm³/mol. The van der Waals surface area contributed by atoms with E-state index in [1.54, 1.807) is 37.3 Å². The number of aromatic nitrogens is 2. The molecule has 2 aromatic carbocycles. The van der Waals surface area contributed by atoms with Crippen LogP contribution in [-0.2, 0) is 0 Å². The molecule has 3 aromatic rings. The first-order valence-corrected chi connectivity index (χ1v) is 8.74. The van der Waals surface area contributed by atoms with Gasteiger partial charge in [0.1, 0.15) is 11.9 Å². The maximum atomic E-state index is 12.7. The van der Waals surface area contributed by atoms with E-state index in [4.69, 9.17) is 14.7 Å². The summed E-state index contributed by atoms with van der Waals surface area (Å²) in [5.74, 6) is 1.41. The van der Waals surface area contributed by atoms with Crippen LogP contribution in [0.5, 0.6) is 11.5 Å². The van der Waals surface area contributed by atoms with E-state index in [9.17, 15) is 4.79 Å². The Kier molecular flexibility index (Phi) is 5.52. The fourth-order valence-corrected chi connectivity index (χ4v) is 2.88. The number of fused-ring (bicyclic) bond motifs is 1. The van der Waals surface area contributed by atoms with Crippen LogP contribution < -0.4 is 15.0 Å². The van der Waals surface area contributed by atoms with E-state index in [0.717, 1.165) is 4.47 Å². The van der Waals surface area contributed by atoms with Crippen LogP contribution in [0.25, 0.3) is 10.9 Å². The quantitative estimate of drug-likeness (QED) is 0.584. The predicted octanol–water partition coefficient (Wildman–Crippen LogP) is 3.26. The van der Waals surface area contributed by atoms with Crippen molar-refractivity contribution in [3.8, 4) is 17.6 Å². The van der Waals surface area contributed by atoms with Gasteiger partial charge in [0.25, 0.3) is 5.56 Å². The Bertz CT molecular complexity index is 1130. The number of aryl methyl sites for hydroxylation is 1. The second-order valence-electron chi connectivity index (χ2n) is 5.54. The second-order valence-corrected chi connectivity index (χ2v) is 6.45. The number of halogens is 1. The van der Waals surface area contributed by atoms with Gasteiger partial charge in [0.15, 0.2) is 18.1 Å². The average molecular weight is 427 g/mol. The summed E-state index contributed by atoms with van der Waals surface area (Å²) >= 11 is 3.37. The van der Waals surface area contributed by atoms with Gasteiger partial charge in [0.2, 0.25) is 0 Å². The molecule has 0 saturated carbocycles. The smallest absolute Gasteiger partial charge is 0.282 e. The van der Waals surface area contributed by atoms with Crippen molar-refractivity contribution >= 4 is 33.0 Å². The molecule has 7 nitrogen and oxygen atoms in total. The van der Waals surface area contributed by atoms with Gasteiger partial charge >= 0.3 is 0 Å². The molecule has 0 bridgehead atoms. The highest BCUT2D eigenvalue weighted by molar-refractivity contribution is 9.10. The Balaban J connectivity index is 1.99. The molecular weight excluding hydrogens is 412 g/mol. The summed E-state index contributed by atoms with van der Waals surface area (Å²) < 4.78 is 12.6. The summed E-state index contributed by atoms with van der Waals surface area (Å²) in [6.45, 7) is 1.65. The number of nitrogens with zero attached hydrogens (tertiary/aromatic N) is 4. The first kappa shape index (κ1) is 18.6. The number of nitriles is 1.